The van der Waals surface area contributed by atoms with Crippen LogP contribution in [-0.4, -0.2) is 24.7 Å². The van der Waals surface area contributed by atoms with E-state index in [9.17, 15) is 8.42 Å². The zero-order valence-electron chi connectivity index (χ0n) is 12.2. The lowest BCUT2D eigenvalue weighted by molar-refractivity contribution is 0.414. The van der Waals surface area contributed by atoms with Gasteiger partial charge in [-0.1, -0.05) is 48.5 Å². The fraction of sp³-hybridized carbons (Fsp3) is 0.294. The third-order valence-electron chi connectivity index (χ3n) is 3.92. The zero-order valence-corrected chi connectivity index (χ0v) is 13.0. The van der Waals surface area contributed by atoms with E-state index in [2.05, 4.69) is 4.90 Å². The molecule has 1 aliphatic heterocycles. The molecule has 3 atom stereocenters. The number of benzene rings is 2. The molecule has 0 radical (unpaired) electrons. The van der Waals surface area contributed by atoms with Crippen LogP contribution in [0.3, 0.4) is 0 Å². The van der Waals surface area contributed by atoms with E-state index < -0.39 is 15.2 Å². The summed E-state index contributed by atoms with van der Waals surface area (Å²) in [5.74, 6) is 0. The van der Waals surface area contributed by atoms with Crippen molar-refractivity contribution in [2.75, 3.05) is 0 Å². The molecule has 0 bridgehead atoms. The van der Waals surface area contributed by atoms with Gasteiger partial charge in [0.05, 0.1) is 10.9 Å². The molecule has 2 aromatic rings. The second-order valence-corrected chi connectivity index (χ2v) is 7.69. The smallest absolute Gasteiger partial charge is 0.196 e. The molecule has 1 saturated heterocycles. The molecule has 1 unspecified atom stereocenters. The zero-order chi connectivity index (χ0) is 15.0. The highest BCUT2D eigenvalue weighted by Gasteiger charge is 2.57. The van der Waals surface area contributed by atoms with Crippen molar-refractivity contribution in [2.45, 2.75) is 36.2 Å². The molecule has 4 heteroatoms. The first-order valence-corrected chi connectivity index (χ1v) is 8.69. The molecule has 0 aromatic heterocycles. The number of rotatable bonds is 4. The molecule has 3 nitrogen and oxygen atoms in total. The molecule has 1 fully saturated rings. The van der Waals surface area contributed by atoms with Crippen LogP contribution >= 0.6 is 0 Å². The van der Waals surface area contributed by atoms with Gasteiger partial charge in [-0.25, -0.2) is 8.42 Å². The number of nitrogens with zero attached hydrogens (tertiary/aromatic N) is 1. The minimum atomic E-state index is -3.33. The van der Waals surface area contributed by atoms with Gasteiger partial charge in [0.15, 0.2) is 9.84 Å². The molecule has 0 amide bonds. The van der Waals surface area contributed by atoms with Gasteiger partial charge in [-0.05, 0) is 31.5 Å². The van der Waals surface area contributed by atoms with Crippen molar-refractivity contribution in [3.63, 3.8) is 0 Å². The second-order valence-electron chi connectivity index (χ2n) is 5.65. The molecule has 0 N–H and O–H groups in total. The molecule has 1 heterocycles. The van der Waals surface area contributed by atoms with Crippen molar-refractivity contribution in [2.24, 2.45) is 0 Å². The Labute approximate surface area is 126 Å². The van der Waals surface area contributed by atoms with Crippen molar-refractivity contribution in [1.82, 2.24) is 4.90 Å². The van der Waals surface area contributed by atoms with E-state index in [1.807, 2.05) is 50.2 Å². The SMILES string of the molecule is CC(C)N1[C@@H](c2ccccc2)[C@@H]1S(=O)(=O)c1ccccc1. The first-order valence-electron chi connectivity index (χ1n) is 7.15. The molecule has 2 aromatic carbocycles. The maximum Gasteiger partial charge on any atom is 0.196 e. The normalized spacial score (nSPS) is 25.0. The molecule has 3 rings (SSSR count). The minimum Gasteiger partial charge on any atom is -0.273 e. The fourth-order valence-electron chi connectivity index (χ4n) is 2.91. The Balaban J connectivity index is 1.98. The predicted molar refractivity (Wildman–Crippen MR) is 83.6 cm³/mol. The quantitative estimate of drug-likeness (QED) is 0.814. The van der Waals surface area contributed by atoms with Gasteiger partial charge in [0.1, 0.15) is 5.37 Å². The monoisotopic (exact) mass is 301 g/mol. The van der Waals surface area contributed by atoms with Crippen LogP contribution < -0.4 is 0 Å². The van der Waals surface area contributed by atoms with Gasteiger partial charge < -0.3 is 0 Å². The molecule has 110 valence electrons. The summed E-state index contributed by atoms with van der Waals surface area (Å²) in [7, 11) is -3.33. The van der Waals surface area contributed by atoms with Gasteiger partial charge in [-0.15, -0.1) is 0 Å². The fourth-order valence-corrected chi connectivity index (χ4v) is 4.98. The van der Waals surface area contributed by atoms with Crippen LogP contribution in [0.1, 0.15) is 25.5 Å². The highest BCUT2D eigenvalue weighted by Crippen LogP contribution is 2.49. The lowest BCUT2D eigenvalue weighted by atomic mass is 10.1. The van der Waals surface area contributed by atoms with E-state index in [1.54, 1.807) is 24.3 Å². The topological polar surface area (TPSA) is 37.1 Å². The summed E-state index contributed by atoms with van der Waals surface area (Å²) < 4.78 is 25.7. The van der Waals surface area contributed by atoms with Gasteiger partial charge in [0.2, 0.25) is 0 Å². The summed E-state index contributed by atoms with van der Waals surface area (Å²) in [4.78, 5) is 2.46. The summed E-state index contributed by atoms with van der Waals surface area (Å²) in [6.07, 6.45) is 0. The maximum atomic E-state index is 12.9. The lowest BCUT2D eigenvalue weighted by Gasteiger charge is -2.08. The van der Waals surface area contributed by atoms with Gasteiger partial charge in [-0.3, -0.25) is 4.90 Å². The predicted octanol–water partition coefficient (Wildman–Crippen LogP) is 3.25. The van der Waals surface area contributed by atoms with Crippen molar-refractivity contribution >= 4 is 9.84 Å². The summed E-state index contributed by atoms with van der Waals surface area (Å²) in [5, 5.41) is -0.456. The molecule has 0 aliphatic carbocycles. The lowest BCUT2D eigenvalue weighted by Crippen LogP contribution is -2.18. The van der Waals surface area contributed by atoms with E-state index in [4.69, 9.17) is 0 Å². The Kier molecular flexibility index (Phi) is 3.59. The summed E-state index contributed by atoms with van der Waals surface area (Å²) >= 11 is 0. The van der Waals surface area contributed by atoms with Gasteiger partial charge >= 0.3 is 0 Å². The Morgan fingerprint density at radius 1 is 0.905 bits per heavy atom. The first-order chi connectivity index (χ1) is 10.0. The van der Waals surface area contributed by atoms with E-state index in [1.165, 1.54) is 0 Å². The summed E-state index contributed by atoms with van der Waals surface area (Å²) in [6, 6.07) is 18.7. The molecule has 0 spiro atoms. The van der Waals surface area contributed by atoms with Crippen LogP contribution in [0, 0.1) is 0 Å². The highest BCUT2D eigenvalue weighted by molar-refractivity contribution is 7.92. The molecular weight excluding hydrogens is 282 g/mol. The number of hydrogen-bond donors (Lipinski definition) is 0. The van der Waals surface area contributed by atoms with Gasteiger partial charge in [-0.2, -0.15) is 0 Å². The average molecular weight is 301 g/mol. The third-order valence-corrected chi connectivity index (χ3v) is 5.99. The number of sulfone groups is 1. The van der Waals surface area contributed by atoms with Gasteiger partial charge in [0.25, 0.3) is 0 Å². The van der Waals surface area contributed by atoms with Crippen LogP contribution in [0.25, 0.3) is 0 Å². The largest absolute Gasteiger partial charge is 0.273 e. The van der Waals surface area contributed by atoms with Crippen molar-refractivity contribution < 1.29 is 8.42 Å². The van der Waals surface area contributed by atoms with Crippen LogP contribution in [0.5, 0.6) is 0 Å². The van der Waals surface area contributed by atoms with Crippen molar-refractivity contribution in [3.8, 4) is 0 Å². The Morgan fingerprint density at radius 3 is 1.95 bits per heavy atom. The Morgan fingerprint density at radius 2 is 1.43 bits per heavy atom. The van der Waals surface area contributed by atoms with Crippen LogP contribution in [-0.2, 0) is 9.84 Å². The van der Waals surface area contributed by atoms with E-state index in [0.29, 0.717) is 4.90 Å². The third kappa shape index (κ3) is 2.49. The highest BCUT2D eigenvalue weighted by atomic mass is 32.2. The van der Waals surface area contributed by atoms with Gasteiger partial charge in [0, 0.05) is 6.04 Å². The average Bonchev–Trinajstić information content (AvgIpc) is 3.26. The van der Waals surface area contributed by atoms with Crippen LogP contribution in [0.15, 0.2) is 65.6 Å². The minimum absolute atomic E-state index is 0.0450. The Hall–Kier alpha value is -1.65. The van der Waals surface area contributed by atoms with Crippen molar-refractivity contribution in [3.05, 3.63) is 66.2 Å². The van der Waals surface area contributed by atoms with E-state index in [-0.39, 0.29) is 12.1 Å². The van der Waals surface area contributed by atoms with Crippen LogP contribution in [0.2, 0.25) is 0 Å². The maximum absolute atomic E-state index is 12.9. The van der Waals surface area contributed by atoms with Crippen LogP contribution in [0.4, 0.5) is 0 Å². The summed E-state index contributed by atoms with van der Waals surface area (Å²) in [5.41, 5.74) is 1.07. The van der Waals surface area contributed by atoms with E-state index in [0.717, 1.165) is 5.56 Å². The molecule has 1 aliphatic rings. The van der Waals surface area contributed by atoms with E-state index >= 15 is 0 Å². The van der Waals surface area contributed by atoms with Crippen molar-refractivity contribution in [1.29, 1.82) is 0 Å². The molecule has 21 heavy (non-hydrogen) atoms. The molecular formula is C17H19NO2S. The number of hydrogen-bond acceptors (Lipinski definition) is 3. The standard InChI is InChI=1S/C17H19NO2S/c1-13(2)18-16(14-9-5-3-6-10-14)17(18)21(19,20)15-11-7-4-8-12-15/h3-13,16-17H,1-2H3/t16-,17-,18?/m0/s1. The first kappa shape index (κ1) is 14.3. The Bertz CT molecular complexity index is 711. The molecule has 0 saturated carbocycles. The second kappa shape index (κ2) is 5.28. The summed E-state index contributed by atoms with van der Waals surface area (Å²) in [6.45, 7) is 4.08.